The van der Waals surface area contributed by atoms with E-state index in [4.69, 9.17) is 4.74 Å². The molecule has 0 bridgehead atoms. The standard InChI is InChI=1S/C7H14O2/c1-5-3-7(8)6(2)9-4-5/h5-8H,3-4H2,1-2H3/t5-,6+,7+/m0/s1. The molecule has 9 heavy (non-hydrogen) atoms. The molecule has 2 heteroatoms. The second-order valence-corrected chi connectivity index (χ2v) is 2.95. The highest BCUT2D eigenvalue weighted by Crippen LogP contribution is 2.17. The van der Waals surface area contributed by atoms with Gasteiger partial charge in [-0.05, 0) is 19.3 Å². The van der Waals surface area contributed by atoms with Crippen molar-refractivity contribution < 1.29 is 9.84 Å². The van der Waals surface area contributed by atoms with Gasteiger partial charge in [-0.2, -0.15) is 0 Å². The monoisotopic (exact) mass is 130 g/mol. The first-order valence-electron chi connectivity index (χ1n) is 3.50. The van der Waals surface area contributed by atoms with Gasteiger partial charge in [0, 0.05) is 6.61 Å². The minimum atomic E-state index is -0.242. The molecule has 1 fully saturated rings. The van der Waals surface area contributed by atoms with Crippen LogP contribution in [0.5, 0.6) is 0 Å². The topological polar surface area (TPSA) is 29.5 Å². The SMILES string of the molecule is C[C@@H]1CO[C@H](C)[C@H](O)C1. The van der Waals surface area contributed by atoms with E-state index in [1.807, 2.05) is 6.92 Å². The lowest BCUT2D eigenvalue weighted by atomic mass is 9.98. The Kier molecular flexibility index (Phi) is 2.09. The molecule has 1 aliphatic rings. The van der Waals surface area contributed by atoms with E-state index in [9.17, 15) is 5.11 Å². The van der Waals surface area contributed by atoms with Gasteiger partial charge in [0.25, 0.3) is 0 Å². The largest absolute Gasteiger partial charge is 0.390 e. The van der Waals surface area contributed by atoms with Crippen molar-refractivity contribution in [3.8, 4) is 0 Å². The molecule has 1 saturated heterocycles. The molecule has 1 N–H and O–H groups in total. The average Bonchev–Trinajstić information content (AvgIpc) is 1.80. The van der Waals surface area contributed by atoms with Crippen molar-refractivity contribution >= 4 is 0 Å². The molecule has 0 spiro atoms. The molecule has 2 nitrogen and oxygen atoms in total. The molecule has 54 valence electrons. The molecule has 3 atom stereocenters. The Hall–Kier alpha value is -0.0800. The molecule has 0 aromatic rings. The number of rotatable bonds is 0. The van der Waals surface area contributed by atoms with Crippen LogP contribution in [0.4, 0.5) is 0 Å². The van der Waals surface area contributed by atoms with Crippen LogP contribution in [0.2, 0.25) is 0 Å². The van der Waals surface area contributed by atoms with Crippen LogP contribution in [-0.2, 0) is 4.74 Å². The maximum atomic E-state index is 9.22. The number of aliphatic hydroxyl groups excluding tert-OH is 1. The molecular weight excluding hydrogens is 116 g/mol. The van der Waals surface area contributed by atoms with Crippen molar-refractivity contribution in [2.45, 2.75) is 32.5 Å². The normalized spacial score (nSPS) is 45.0. The summed E-state index contributed by atoms with van der Waals surface area (Å²) in [7, 11) is 0. The lowest BCUT2D eigenvalue weighted by molar-refractivity contribution is -0.0851. The van der Waals surface area contributed by atoms with Gasteiger partial charge in [0.05, 0.1) is 12.2 Å². The van der Waals surface area contributed by atoms with Crippen LogP contribution in [0.3, 0.4) is 0 Å². The van der Waals surface area contributed by atoms with E-state index in [0.717, 1.165) is 13.0 Å². The van der Waals surface area contributed by atoms with Crippen molar-refractivity contribution in [1.29, 1.82) is 0 Å². The smallest absolute Gasteiger partial charge is 0.0806 e. The summed E-state index contributed by atoms with van der Waals surface area (Å²) in [5.74, 6) is 0.524. The molecule has 1 heterocycles. The van der Waals surface area contributed by atoms with Gasteiger partial charge >= 0.3 is 0 Å². The van der Waals surface area contributed by atoms with Crippen LogP contribution in [0, 0.1) is 5.92 Å². The summed E-state index contributed by atoms with van der Waals surface area (Å²) in [4.78, 5) is 0. The van der Waals surface area contributed by atoms with Gasteiger partial charge in [0.1, 0.15) is 0 Å². The Morgan fingerprint density at radius 1 is 1.44 bits per heavy atom. The Morgan fingerprint density at radius 2 is 2.11 bits per heavy atom. The Bertz CT molecular complexity index is 92.9. The molecule has 0 radical (unpaired) electrons. The lowest BCUT2D eigenvalue weighted by Gasteiger charge is -2.28. The number of hydrogen-bond donors (Lipinski definition) is 1. The number of hydrogen-bond acceptors (Lipinski definition) is 2. The first-order valence-corrected chi connectivity index (χ1v) is 3.50. The van der Waals surface area contributed by atoms with Gasteiger partial charge in [0.15, 0.2) is 0 Å². The summed E-state index contributed by atoms with van der Waals surface area (Å²) in [6.07, 6.45) is 0.691. The fraction of sp³-hybridized carbons (Fsp3) is 1.00. The van der Waals surface area contributed by atoms with Crippen LogP contribution in [0.15, 0.2) is 0 Å². The predicted molar refractivity (Wildman–Crippen MR) is 35.2 cm³/mol. The van der Waals surface area contributed by atoms with Gasteiger partial charge in [-0.15, -0.1) is 0 Å². The Morgan fingerprint density at radius 3 is 2.56 bits per heavy atom. The molecule has 1 aliphatic heterocycles. The summed E-state index contributed by atoms with van der Waals surface area (Å²) in [6.45, 7) is 4.81. The molecule has 0 amide bonds. The molecular formula is C7H14O2. The fourth-order valence-electron chi connectivity index (χ4n) is 1.10. The third-order valence-electron chi connectivity index (χ3n) is 1.83. The number of ether oxygens (including phenoxy) is 1. The maximum Gasteiger partial charge on any atom is 0.0806 e. The second-order valence-electron chi connectivity index (χ2n) is 2.95. The highest BCUT2D eigenvalue weighted by Gasteiger charge is 2.23. The van der Waals surface area contributed by atoms with Crippen LogP contribution in [-0.4, -0.2) is 23.9 Å². The second kappa shape index (κ2) is 2.67. The summed E-state index contributed by atoms with van der Waals surface area (Å²) in [5, 5.41) is 9.22. The van der Waals surface area contributed by atoms with E-state index in [0.29, 0.717) is 5.92 Å². The molecule has 0 unspecified atom stereocenters. The highest BCUT2D eigenvalue weighted by molar-refractivity contribution is 4.72. The highest BCUT2D eigenvalue weighted by atomic mass is 16.5. The quantitative estimate of drug-likeness (QED) is 0.525. The van der Waals surface area contributed by atoms with E-state index in [2.05, 4.69) is 6.92 Å². The van der Waals surface area contributed by atoms with Crippen LogP contribution >= 0.6 is 0 Å². The van der Waals surface area contributed by atoms with E-state index >= 15 is 0 Å². The first kappa shape index (κ1) is 7.03. The number of aliphatic hydroxyl groups is 1. The zero-order chi connectivity index (χ0) is 6.85. The van der Waals surface area contributed by atoms with Crippen molar-refractivity contribution in [2.75, 3.05) is 6.61 Å². The summed E-state index contributed by atoms with van der Waals surface area (Å²) >= 11 is 0. The molecule has 0 aliphatic carbocycles. The van der Waals surface area contributed by atoms with Crippen LogP contribution in [0.1, 0.15) is 20.3 Å². The zero-order valence-corrected chi connectivity index (χ0v) is 6.00. The van der Waals surface area contributed by atoms with E-state index in [-0.39, 0.29) is 12.2 Å². The molecule has 0 aromatic carbocycles. The summed E-state index contributed by atoms with van der Waals surface area (Å²) in [5.41, 5.74) is 0. The minimum Gasteiger partial charge on any atom is -0.390 e. The maximum absolute atomic E-state index is 9.22. The summed E-state index contributed by atoms with van der Waals surface area (Å²) in [6, 6.07) is 0. The van der Waals surface area contributed by atoms with E-state index in [1.54, 1.807) is 0 Å². The van der Waals surface area contributed by atoms with Gasteiger partial charge in [-0.25, -0.2) is 0 Å². The Labute approximate surface area is 55.8 Å². The van der Waals surface area contributed by atoms with Crippen molar-refractivity contribution in [2.24, 2.45) is 5.92 Å². The van der Waals surface area contributed by atoms with Crippen LogP contribution in [0.25, 0.3) is 0 Å². The average molecular weight is 130 g/mol. The lowest BCUT2D eigenvalue weighted by Crippen LogP contribution is -2.35. The molecule has 1 rings (SSSR count). The zero-order valence-electron chi connectivity index (χ0n) is 6.00. The Balaban J connectivity index is 2.35. The van der Waals surface area contributed by atoms with Crippen LogP contribution < -0.4 is 0 Å². The molecule has 0 aromatic heterocycles. The van der Waals surface area contributed by atoms with Gasteiger partial charge < -0.3 is 9.84 Å². The first-order chi connectivity index (χ1) is 4.20. The summed E-state index contributed by atoms with van der Waals surface area (Å²) < 4.78 is 5.25. The van der Waals surface area contributed by atoms with Gasteiger partial charge in [-0.3, -0.25) is 0 Å². The van der Waals surface area contributed by atoms with Crippen molar-refractivity contribution in [3.63, 3.8) is 0 Å². The van der Waals surface area contributed by atoms with Gasteiger partial charge in [-0.1, -0.05) is 6.92 Å². The minimum absolute atomic E-state index is 0.0428. The fourth-order valence-corrected chi connectivity index (χ4v) is 1.10. The molecule has 0 saturated carbocycles. The van der Waals surface area contributed by atoms with Gasteiger partial charge in [0.2, 0.25) is 0 Å². The predicted octanol–water partition coefficient (Wildman–Crippen LogP) is 0.792. The van der Waals surface area contributed by atoms with E-state index < -0.39 is 0 Å². The van der Waals surface area contributed by atoms with Crippen molar-refractivity contribution in [1.82, 2.24) is 0 Å². The third kappa shape index (κ3) is 1.66. The van der Waals surface area contributed by atoms with E-state index in [1.165, 1.54) is 0 Å². The van der Waals surface area contributed by atoms with Crippen molar-refractivity contribution in [3.05, 3.63) is 0 Å². The third-order valence-corrected chi connectivity index (χ3v) is 1.83.